The first-order chi connectivity index (χ1) is 28.2. The minimum Gasteiger partial charge on any atom is -0.456 e. The van der Waals surface area contributed by atoms with E-state index < -0.39 is 0 Å². The Hall–Kier alpha value is -7.15. The molecule has 6 heteroatoms. The predicted molar refractivity (Wildman–Crippen MR) is 234 cm³/mol. The van der Waals surface area contributed by atoms with Crippen molar-refractivity contribution in [3.05, 3.63) is 181 Å². The molecule has 12 rings (SSSR count). The number of thiophene rings is 1. The molecule has 0 amide bonds. The second-order valence-electron chi connectivity index (χ2n) is 14.6. The molecule has 268 valence electrons. The van der Waals surface area contributed by atoms with E-state index in [4.69, 9.17) is 23.8 Å². The fraction of sp³-hybridized carbons (Fsp3) is 0.0392. The number of hydrogen-bond acceptors (Lipinski definition) is 6. The van der Waals surface area contributed by atoms with Crippen LogP contribution in [-0.4, -0.2) is 15.0 Å². The number of aromatic nitrogens is 3. The Labute approximate surface area is 330 Å². The molecule has 1 atom stereocenters. The first-order valence-electron chi connectivity index (χ1n) is 19.2. The van der Waals surface area contributed by atoms with Crippen molar-refractivity contribution < 1.29 is 8.83 Å². The normalized spacial score (nSPS) is 14.5. The quantitative estimate of drug-likeness (QED) is 0.175. The molecule has 7 aromatic carbocycles. The van der Waals surface area contributed by atoms with E-state index in [0.29, 0.717) is 11.6 Å². The van der Waals surface area contributed by atoms with Gasteiger partial charge in [0.15, 0.2) is 11.6 Å². The van der Waals surface area contributed by atoms with Crippen molar-refractivity contribution in [2.45, 2.75) is 12.3 Å². The van der Waals surface area contributed by atoms with Crippen molar-refractivity contribution >= 4 is 81.0 Å². The van der Waals surface area contributed by atoms with Gasteiger partial charge in [0.05, 0.1) is 0 Å². The standard InChI is InChI=1S/C51H31N3O2S/c1-2-13-30(14-3-1)31-15-10-16-32(29-31)49-52-50(39-22-11-21-36-33-17-6-9-26-44(33)57-48(36)39)54-51(53-49)47-35(27-28-43-46(47)38-19-5-8-24-41(38)56-43)34-20-12-25-42-45(34)37-18-4-7-23-40(37)55-42/h1-15,17-29,32H,16H2. The molecule has 4 heterocycles. The fourth-order valence-corrected chi connectivity index (χ4v) is 9.88. The molecule has 0 radical (unpaired) electrons. The lowest BCUT2D eigenvalue weighted by Gasteiger charge is -2.19. The zero-order valence-electron chi connectivity index (χ0n) is 30.5. The van der Waals surface area contributed by atoms with Gasteiger partial charge in [-0.25, -0.2) is 15.0 Å². The Bertz CT molecular complexity index is 3460. The SMILES string of the molecule is C1=CC(c2ccccc2)=CC(c2nc(-c3cccc4c3sc3ccccc34)nc(-c3c(-c4cccc5oc6ccccc6c45)ccc4oc5ccccc5c34)n2)C1. The highest BCUT2D eigenvalue weighted by atomic mass is 32.1. The summed E-state index contributed by atoms with van der Waals surface area (Å²) in [6.45, 7) is 0. The van der Waals surface area contributed by atoms with Gasteiger partial charge in [-0.05, 0) is 71.1 Å². The number of fused-ring (bicyclic) bond motifs is 9. The van der Waals surface area contributed by atoms with Gasteiger partial charge >= 0.3 is 0 Å². The molecule has 1 aliphatic rings. The van der Waals surface area contributed by atoms with Gasteiger partial charge in [-0.3, -0.25) is 0 Å². The van der Waals surface area contributed by atoms with Gasteiger partial charge < -0.3 is 8.83 Å². The second-order valence-corrected chi connectivity index (χ2v) is 15.6. The summed E-state index contributed by atoms with van der Waals surface area (Å²) in [6.07, 6.45) is 7.53. The molecular weight excluding hydrogens is 719 g/mol. The molecule has 11 aromatic rings. The third-order valence-corrected chi connectivity index (χ3v) is 12.5. The predicted octanol–water partition coefficient (Wildman–Crippen LogP) is 14.2. The van der Waals surface area contributed by atoms with Crippen LogP contribution in [-0.2, 0) is 0 Å². The maximum absolute atomic E-state index is 6.56. The monoisotopic (exact) mass is 749 g/mol. The van der Waals surface area contributed by atoms with Crippen molar-refractivity contribution in [2.75, 3.05) is 0 Å². The molecule has 0 spiro atoms. The van der Waals surface area contributed by atoms with Gasteiger partial charge in [0.1, 0.15) is 28.2 Å². The highest BCUT2D eigenvalue weighted by Crippen LogP contribution is 2.47. The molecule has 1 unspecified atom stereocenters. The maximum Gasteiger partial charge on any atom is 0.165 e. The molecule has 5 nitrogen and oxygen atoms in total. The maximum atomic E-state index is 6.56. The van der Waals surface area contributed by atoms with E-state index in [-0.39, 0.29) is 5.92 Å². The molecule has 0 saturated carbocycles. The molecule has 4 aromatic heterocycles. The van der Waals surface area contributed by atoms with Gasteiger partial charge in [0, 0.05) is 58.8 Å². The van der Waals surface area contributed by atoms with E-state index in [1.54, 1.807) is 11.3 Å². The van der Waals surface area contributed by atoms with Crippen LogP contribution < -0.4 is 0 Å². The molecule has 0 aliphatic heterocycles. The van der Waals surface area contributed by atoms with E-state index in [1.165, 1.54) is 21.0 Å². The fourth-order valence-electron chi connectivity index (χ4n) is 8.67. The van der Waals surface area contributed by atoms with Crippen LogP contribution >= 0.6 is 11.3 Å². The number of benzene rings is 7. The molecule has 1 aliphatic carbocycles. The van der Waals surface area contributed by atoms with Gasteiger partial charge in [-0.15, -0.1) is 11.3 Å². The third kappa shape index (κ3) is 5.11. The van der Waals surface area contributed by atoms with Gasteiger partial charge in [-0.2, -0.15) is 0 Å². The van der Waals surface area contributed by atoms with Crippen molar-refractivity contribution in [1.29, 1.82) is 0 Å². The first-order valence-corrected chi connectivity index (χ1v) is 20.0. The van der Waals surface area contributed by atoms with Crippen LogP contribution in [0.2, 0.25) is 0 Å². The number of rotatable bonds is 5. The number of furan rings is 2. The summed E-state index contributed by atoms with van der Waals surface area (Å²) in [5, 5.41) is 6.53. The minimum absolute atomic E-state index is 0.0719. The number of para-hydroxylation sites is 2. The largest absolute Gasteiger partial charge is 0.456 e. The van der Waals surface area contributed by atoms with Crippen molar-refractivity contribution in [3.63, 3.8) is 0 Å². The summed E-state index contributed by atoms with van der Waals surface area (Å²) in [7, 11) is 0. The van der Waals surface area contributed by atoms with Crippen LogP contribution in [0.3, 0.4) is 0 Å². The lowest BCUT2D eigenvalue weighted by molar-refractivity contribution is 0.669. The molecule has 0 saturated heterocycles. The summed E-state index contributed by atoms with van der Waals surface area (Å²) < 4.78 is 15.4. The summed E-state index contributed by atoms with van der Waals surface area (Å²) in [6, 6.07) is 52.6. The highest BCUT2D eigenvalue weighted by molar-refractivity contribution is 7.26. The van der Waals surface area contributed by atoms with Crippen LogP contribution in [0.5, 0.6) is 0 Å². The Balaban J connectivity index is 1.18. The number of hydrogen-bond donors (Lipinski definition) is 0. The van der Waals surface area contributed by atoms with Gasteiger partial charge in [0.2, 0.25) is 0 Å². The van der Waals surface area contributed by atoms with Crippen LogP contribution in [0, 0.1) is 0 Å². The smallest absolute Gasteiger partial charge is 0.165 e. The molecular formula is C51H31N3O2S. The highest BCUT2D eigenvalue weighted by Gasteiger charge is 2.26. The Kier molecular flexibility index (Phi) is 7.16. The molecule has 0 N–H and O–H groups in total. The minimum atomic E-state index is -0.0719. The van der Waals surface area contributed by atoms with E-state index in [1.807, 2.05) is 30.3 Å². The van der Waals surface area contributed by atoms with Crippen LogP contribution in [0.15, 0.2) is 179 Å². The average molecular weight is 750 g/mol. The summed E-state index contributed by atoms with van der Waals surface area (Å²) in [5.74, 6) is 1.92. The lowest BCUT2D eigenvalue weighted by atomic mass is 9.91. The first kappa shape index (κ1) is 32.1. The Morgan fingerprint density at radius 3 is 1.98 bits per heavy atom. The van der Waals surface area contributed by atoms with E-state index in [0.717, 1.165) is 88.6 Å². The number of allylic oxidation sites excluding steroid dienone is 4. The van der Waals surface area contributed by atoms with Crippen LogP contribution in [0.25, 0.3) is 104 Å². The summed E-state index contributed by atoms with van der Waals surface area (Å²) in [5.41, 5.74) is 9.54. The second kappa shape index (κ2) is 12.7. The van der Waals surface area contributed by atoms with E-state index >= 15 is 0 Å². The van der Waals surface area contributed by atoms with E-state index in [9.17, 15) is 0 Å². The lowest BCUT2D eigenvalue weighted by Crippen LogP contribution is -2.09. The van der Waals surface area contributed by atoms with Crippen molar-refractivity contribution in [3.8, 4) is 33.9 Å². The van der Waals surface area contributed by atoms with Crippen LogP contribution in [0.1, 0.15) is 23.7 Å². The Morgan fingerprint density at radius 2 is 1.14 bits per heavy atom. The average Bonchev–Trinajstić information content (AvgIpc) is 3.98. The third-order valence-electron chi connectivity index (χ3n) is 11.3. The summed E-state index contributed by atoms with van der Waals surface area (Å²) in [4.78, 5) is 16.4. The Morgan fingerprint density at radius 1 is 0.491 bits per heavy atom. The summed E-state index contributed by atoms with van der Waals surface area (Å²) >= 11 is 1.78. The molecule has 0 bridgehead atoms. The zero-order valence-corrected chi connectivity index (χ0v) is 31.3. The van der Waals surface area contributed by atoms with E-state index in [2.05, 4.69) is 140 Å². The van der Waals surface area contributed by atoms with Crippen LogP contribution in [0.4, 0.5) is 0 Å². The van der Waals surface area contributed by atoms with Crippen molar-refractivity contribution in [1.82, 2.24) is 15.0 Å². The number of nitrogens with zero attached hydrogens (tertiary/aromatic N) is 3. The zero-order chi connectivity index (χ0) is 37.5. The van der Waals surface area contributed by atoms with Crippen molar-refractivity contribution in [2.24, 2.45) is 0 Å². The molecule has 57 heavy (non-hydrogen) atoms. The van der Waals surface area contributed by atoms with Gasteiger partial charge in [-0.1, -0.05) is 127 Å². The topological polar surface area (TPSA) is 65.0 Å². The molecule has 0 fully saturated rings. The van der Waals surface area contributed by atoms with Gasteiger partial charge in [0.25, 0.3) is 0 Å².